The van der Waals surface area contributed by atoms with Crippen molar-refractivity contribution < 1.29 is 18.0 Å². The minimum absolute atomic E-state index is 0.133. The van der Waals surface area contributed by atoms with E-state index in [1.165, 1.54) is 12.1 Å². The van der Waals surface area contributed by atoms with Crippen molar-refractivity contribution in [2.45, 2.75) is 18.2 Å². The van der Waals surface area contributed by atoms with Crippen molar-refractivity contribution in [2.75, 3.05) is 13.1 Å². The van der Waals surface area contributed by atoms with Crippen LogP contribution in [-0.4, -0.2) is 36.9 Å². The summed E-state index contributed by atoms with van der Waals surface area (Å²) in [5, 5.41) is 11.3. The Labute approximate surface area is 125 Å². The highest BCUT2D eigenvalue weighted by molar-refractivity contribution is 9.10. The van der Waals surface area contributed by atoms with E-state index in [-0.39, 0.29) is 18.9 Å². The topological polar surface area (TPSA) is 96.0 Å². The average Bonchev–Trinajstić information content (AvgIpc) is 2.37. The summed E-state index contributed by atoms with van der Waals surface area (Å²) in [7, 11) is -4.05. The Bertz CT molecular complexity index is 607. The van der Waals surface area contributed by atoms with E-state index in [0.29, 0.717) is 10.9 Å². The molecule has 1 aromatic rings. The summed E-state index contributed by atoms with van der Waals surface area (Å²) in [6.07, 6.45) is 0.510. The third-order valence-electron chi connectivity index (χ3n) is 2.45. The van der Waals surface area contributed by atoms with Gasteiger partial charge in [0.25, 0.3) is 0 Å². The first-order valence-electron chi connectivity index (χ1n) is 5.74. The van der Waals surface area contributed by atoms with Crippen LogP contribution < -0.4 is 5.73 Å². The fraction of sp³-hybridized carbons (Fsp3) is 0.364. The van der Waals surface area contributed by atoms with Gasteiger partial charge < -0.3 is 10.9 Å². The molecule has 0 radical (unpaired) electrons. The molecule has 20 heavy (non-hydrogen) atoms. The number of halogens is 2. The number of oxime groups is 1. The van der Waals surface area contributed by atoms with E-state index in [9.17, 15) is 12.8 Å². The van der Waals surface area contributed by atoms with Crippen molar-refractivity contribution in [1.29, 1.82) is 0 Å². The Balaban J connectivity index is 3.22. The van der Waals surface area contributed by atoms with Crippen LogP contribution in [0.15, 0.2) is 32.7 Å². The molecule has 0 unspecified atom stereocenters. The number of hydrogen-bond donors (Lipinski definition) is 2. The molecule has 0 atom stereocenters. The molecule has 0 bridgehead atoms. The van der Waals surface area contributed by atoms with E-state index in [0.717, 1.165) is 10.4 Å². The number of rotatable bonds is 6. The van der Waals surface area contributed by atoms with Crippen LogP contribution in [0.3, 0.4) is 0 Å². The molecule has 0 spiro atoms. The fourth-order valence-corrected chi connectivity index (χ4v) is 3.45. The Hall–Kier alpha value is -1.19. The summed E-state index contributed by atoms with van der Waals surface area (Å²) >= 11 is 3.06. The van der Waals surface area contributed by atoms with Crippen LogP contribution in [0.5, 0.6) is 0 Å². The third-order valence-corrected chi connectivity index (χ3v) is 4.82. The SMILES string of the molecule is CCCN(C/C(N)=N/O)S(=O)(=O)c1ccc(Br)cc1F. The molecule has 1 aromatic carbocycles. The van der Waals surface area contributed by atoms with Gasteiger partial charge in [-0.15, -0.1) is 0 Å². The zero-order chi connectivity index (χ0) is 15.3. The van der Waals surface area contributed by atoms with Crippen LogP contribution in [0.4, 0.5) is 4.39 Å². The molecular formula is C11H15BrFN3O3S. The van der Waals surface area contributed by atoms with Gasteiger partial charge in [0.15, 0.2) is 5.84 Å². The number of nitrogens with zero attached hydrogens (tertiary/aromatic N) is 2. The maximum Gasteiger partial charge on any atom is 0.246 e. The van der Waals surface area contributed by atoms with Crippen molar-refractivity contribution >= 4 is 31.8 Å². The molecule has 0 heterocycles. The lowest BCUT2D eigenvalue weighted by Crippen LogP contribution is -2.39. The van der Waals surface area contributed by atoms with E-state index in [2.05, 4.69) is 21.1 Å². The van der Waals surface area contributed by atoms with Crippen LogP contribution in [0.2, 0.25) is 0 Å². The van der Waals surface area contributed by atoms with Crippen LogP contribution in [0.25, 0.3) is 0 Å². The van der Waals surface area contributed by atoms with Crippen LogP contribution >= 0.6 is 15.9 Å². The molecule has 0 aliphatic heterocycles. The third kappa shape index (κ3) is 3.90. The van der Waals surface area contributed by atoms with Crippen molar-refractivity contribution in [2.24, 2.45) is 10.9 Å². The van der Waals surface area contributed by atoms with Gasteiger partial charge in [0.2, 0.25) is 10.0 Å². The second-order valence-corrected chi connectivity index (χ2v) is 6.83. The van der Waals surface area contributed by atoms with Gasteiger partial charge in [-0.3, -0.25) is 0 Å². The van der Waals surface area contributed by atoms with Crippen LogP contribution in [-0.2, 0) is 10.0 Å². The fourth-order valence-electron chi connectivity index (χ4n) is 1.57. The maximum absolute atomic E-state index is 13.8. The molecule has 112 valence electrons. The van der Waals surface area contributed by atoms with Gasteiger partial charge >= 0.3 is 0 Å². The summed E-state index contributed by atoms with van der Waals surface area (Å²) in [4.78, 5) is -0.445. The first-order valence-corrected chi connectivity index (χ1v) is 7.97. The second-order valence-electron chi connectivity index (χ2n) is 4.00. The largest absolute Gasteiger partial charge is 0.409 e. The van der Waals surface area contributed by atoms with Gasteiger partial charge in [-0.25, -0.2) is 12.8 Å². The minimum atomic E-state index is -4.05. The Morgan fingerprint density at radius 1 is 1.55 bits per heavy atom. The summed E-state index contributed by atoms with van der Waals surface area (Å²) < 4.78 is 40.0. The smallest absolute Gasteiger partial charge is 0.246 e. The van der Waals surface area contributed by atoms with E-state index in [4.69, 9.17) is 10.9 Å². The highest BCUT2D eigenvalue weighted by Gasteiger charge is 2.27. The van der Waals surface area contributed by atoms with Gasteiger partial charge in [-0.1, -0.05) is 28.0 Å². The number of benzene rings is 1. The predicted molar refractivity (Wildman–Crippen MR) is 76.6 cm³/mol. The Kier molecular flexibility index (Phi) is 5.90. The maximum atomic E-state index is 13.8. The Morgan fingerprint density at radius 2 is 2.20 bits per heavy atom. The molecular weight excluding hydrogens is 353 g/mol. The van der Waals surface area contributed by atoms with Gasteiger partial charge in [0.1, 0.15) is 10.7 Å². The summed E-state index contributed by atoms with van der Waals surface area (Å²) in [6.45, 7) is 1.60. The molecule has 0 aromatic heterocycles. The molecule has 0 saturated carbocycles. The first kappa shape index (κ1) is 16.9. The van der Waals surface area contributed by atoms with Crippen LogP contribution in [0.1, 0.15) is 13.3 Å². The molecule has 0 aliphatic carbocycles. The monoisotopic (exact) mass is 367 g/mol. The highest BCUT2D eigenvalue weighted by atomic mass is 79.9. The number of amidine groups is 1. The van der Waals surface area contributed by atoms with Gasteiger partial charge in [-0.2, -0.15) is 4.31 Å². The zero-order valence-corrected chi connectivity index (χ0v) is 13.2. The number of nitrogens with two attached hydrogens (primary N) is 1. The molecule has 0 aliphatic rings. The summed E-state index contributed by atoms with van der Waals surface area (Å²) in [5.41, 5.74) is 5.33. The average molecular weight is 368 g/mol. The van der Waals surface area contributed by atoms with Crippen LogP contribution in [0, 0.1) is 5.82 Å². The van der Waals surface area contributed by atoms with E-state index in [1.807, 2.05) is 0 Å². The van der Waals surface area contributed by atoms with Crippen molar-refractivity contribution in [3.63, 3.8) is 0 Å². The van der Waals surface area contributed by atoms with Crippen molar-refractivity contribution in [3.8, 4) is 0 Å². The molecule has 1 rings (SSSR count). The predicted octanol–water partition coefficient (Wildman–Crippen LogP) is 1.74. The second kappa shape index (κ2) is 7.00. The molecule has 3 N–H and O–H groups in total. The van der Waals surface area contributed by atoms with E-state index < -0.39 is 20.7 Å². The minimum Gasteiger partial charge on any atom is -0.409 e. The van der Waals surface area contributed by atoms with E-state index in [1.54, 1.807) is 6.92 Å². The molecule has 6 nitrogen and oxygen atoms in total. The van der Waals surface area contributed by atoms with Crippen molar-refractivity contribution in [1.82, 2.24) is 4.31 Å². The number of hydrogen-bond acceptors (Lipinski definition) is 4. The zero-order valence-electron chi connectivity index (χ0n) is 10.8. The standard InChI is InChI=1S/C11H15BrFN3O3S/c1-2-5-16(7-11(14)15-17)20(18,19)10-4-3-8(12)6-9(10)13/h3-4,6,17H,2,5,7H2,1H3,(H2,14,15). The molecule has 0 amide bonds. The lowest BCUT2D eigenvalue weighted by Gasteiger charge is -2.21. The molecule has 0 fully saturated rings. The molecule has 9 heteroatoms. The first-order chi connectivity index (χ1) is 9.32. The van der Waals surface area contributed by atoms with E-state index >= 15 is 0 Å². The molecule has 0 saturated heterocycles. The van der Waals surface area contributed by atoms with Gasteiger partial charge in [-0.05, 0) is 24.6 Å². The Morgan fingerprint density at radius 3 is 2.70 bits per heavy atom. The quantitative estimate of drug-likeness (QED) is 0.346. The van der Waals surface area contributed by atoms with Gasteiger partial charge in [0, 0.05) is 11.0 Å². The highest BCUT2D eigenvalue weighted by Crippen LogP contribution is 2.22. The summed E-state index contributed by atoms with van der Waals surface area (Å²) in [5.74, 6) is -1.13. The van der Waals surface area contributed by atoms with Crippen molar-refractivity contribution in [3.05, 3.63) is 28.5 Å². The summed E-state index contributed by atoms with van der Waals surface area (Å²) in [6, 6.07) is 3.67. The van der Waals surface area contributed by atoms with Gasteiger partial charge in [0.05, 0.1) is 6.54 Å². The number of sulfonamides is 1. The lowest BCUT2D eigenvalue weighted by molar-refractivity contribution is 0.314. The lowest BCUT2D eigenvalue weighted by atomic mass is 10.3. The normalized spacial score (nSPS) is 12.9.